The summed E-state index contributed by atoms with van der Waals surface area (Å²) in [6.07, 6.45) is 2.88. The quantitative estimate of drug-likeness (QED) is 0.649. The van der Waals surface area contributed by atoms with Gasteiger partial charge < -0.3 is 5.73 Å². The number of hydrogen-bond acceptors (Lipinski definition) is 3. The van der Waals surface area contributed by atoms with Gasteiger partial charge in [-0.15, -0.1) is 0 Å². The molecule has 0 aliphatic heterocycles. The summed E-state index contributed by atoms with van der Waals surface area (Å²) < 4.78 is 14.4. The van der Waals surface area contributed by atoms with E-state index in [0.29, 0.717) is 11.5 Å². The zero-order valence-corrected chi connectivity index (χ0v) is 8.84. The molecule has 0 aliphatic rings. The summed E-state index contributed by atoms with van der Waals surface area (Å²) in [5, 5.41) is 5.18. The molecule has 2 N–H and O–H groups in total. The van der Waals surface area contributed by atoms with Gasteiger partial charge in [0.25, 0.3) is 0 Å². The van der Waals surface area contributed by atoms with Gasteiger partial charge in [0.2, 0.25) is 0 Å². The number of nitrogen functional groups attached to an aromatic ring is 1. The van der Waals surface area contributed by atoms with Gasteiger partial charge in [0.05, 0.1) is 17.9 Å². The van der Waals surface area contributed by atoms with Gasteiger partial charge in [-0.2, -0.15) is 5.10 Å². The molecule has 1 aromatic carbocycles. The number of fused-ring (bicyclic) bond motifs is 1. The maximum Gasteiger partial charge on any atom is 0.154 e. The third-order valence-electron chi connectivity index (χ3n) is 2.52. The number of aromatic nitrogens is 3. The number of pyridine rings is 1. The summed E-state index contributed by atoms with van der Waals surface area (Å²) in [5.41, 5.74) is 7.24. The maximum absolute atomic E-state index is 12.8. The Morgan fingerprint density at radius 1 is 1.12 bits per heavy atom. The molecule has 0 fully saturated rings. The number of rotatable bonds is 1. The zero-order valence-electron chi connectivity index (χ0n) is 8.84. The van der Waals surface area contributed by atoms with Crippen molar-refractivity contribution in [3.8, 4) is 5.82 Å². The highest BCUT2D eigenvalue weighted by Gasteiger charge is 2.06. The predicted octanol–water partition coefficient (Wildman–Crippen LogP) is 2.14. The van der Waals surface area contributed by atoms with Crippen LogP contribution in [0, 0.1) is 5.82 Å². The molecule has 0 spiro atoms. The number of benzene rings is 1. The lowest BCUT2D eigenvalue weighted by molar-refractivity contribution is 0.619. The minimum absolute atomic E-state index is 0.371. The fraction of sp³-hybridized carbons (Fsp3) is 0. The highest BCUT2D eigenvalue weighted by Crippen LogP contribution is 2.19. The molecule has 0 aliphatic carbocycles. The topological polar surface area (TPSA) is 56.7 Å². The Kier molecular flexibility index (Phi) is 2.04. The number of anilines is 1. The Bertz CT molecular complexity index is 673. The Morgan fingerprint density at radius 2 is 2.00 bits per heavy atom. The van der Waals surface area contributed by atoms with Gasteiger partial charge in [-0.25, -0.2) is 14.1 Å². The lowest BCUT2D eigenvalue weighted by atomic mass is 10.2. The molecule has 2 aromatic heterocycles. The molecule has 0 unspecified atom stereocenters. The molecule has 0 atom stereocenters. The fourth-order valence-electron chi connectivity index (χ4n) is 1.71. The summed E-state index contributed by atoms with van der Waals surface area (Å²) in [7, 11) is 0. The van der Waals surface area contributed by atoms with E-state index < -0.39 is 0 Å². The minimum atomic E-state index is -0.371. The summed E-state index contributed by atoms with van der Waals surface area (Å²) in [5.74, 6) is 0.191. The van der Waals surface area contributed by atoms with E-state index in [1.54, 1.807) is 16.9 Å². The summed E-state index contributed by atoms with van der Waals surface area (Å²) >= 11 is 0. The lowest BCUT2D eigenvalue weighted by Gasteiger charge is -2.02. The second-order valence-corrected chi connectivity index (χ2v) is 3.71. The van der Waals surface area contributed by atoms with E-state index in [9.17, 15) is 4.39 Å². The molecule has 0 bridgehead atoms. The van der Waals surface area contributed by atoms with Crippen LogP contribution in [0.1, 0.15) is 0 Å². The molecule has 4 nitrogen and oxygen atoms in total. The number of nitrogens with two attached hydrogens (primary N) is 1. The van der Waals surface area contributed by atoms with Crippen LogP contribution >= 0.6 is 0 Å². The molecular formula is C12H9FN4. The highest BCUT2D eigenvalue weighted by molar-refractivity contribution is 5.83. The van der Waals surface area contributed by atoms with Gasteiger partial charge in [0.1, 0.15) is 5.82 Å². The van der Waals surface area contributed by atoms with Crippen LogP contribution in [0.3, 0.4) is 0 Å². The molecule has 0 saturated carbocycles. The van der Waals surface area contributed by atoms with Crippen molar-refractivity contribution in [2.24, 2.45) is 0 Å². The Balaban J connectivity index is 2.23. The van der Waals surface area contributed by atoms with Crippen molar-refractivity contribution in [2.75, 3.05) is 5.73 Å². The molecule has 84 valence electrons. The second kappa shape index (κ2) is 3.55. The van der Waals surface area contributed by atoms with Gasteiger partial charge in [0, 0.05) is 11.1 Å². The lowest BCUT2D eigenvalue weighted by Crippen LogP contribution is -1.99. The predicted molar refractivity (Wildman–Crippen MR) is 63.2 cm³/mol. The van der Waals surface area contributed by atoms with Crippen LogP contribution < -0.4 is 5.73 Å². The molecule has 5 heteroatoms. The third-order valence-corrected chi connectivity index (χ3v) is 2.52. The van der Waals surface area contributed by atoms with Gasteiger partial charge in [-0.1, -0.05) is 0 Å². The first-order valence-corrected chi connectivity index (χ1v) is 5.09. The average molecular weight is 228 g/mol. The van der Waals surface area contributed by atoms with E-state index in [4.69, 9.17) is 5.73 Å². The van der Waals surface area contributed by atoms with Crippen molar-refractivity contribution in [3.05, 3.63) is 48.5 Å². The first kappa shape index (κ1) is 9.77. The second-order valence-electron chi connectivity index (χ2n) is 3.71. The molecule has 0 amide bonds. The summed E-state index contributed by atoms with van der Waals surface area (Å²) in [6, 6.07) is 8.44. The molecule has 3 rings (SSSR count). The Morgan fingerprint density at radius 3 is 2.76 bits per heavy atom. The normalized spacial score (nSPS) is 10.9. The van der Waals surface area contributed by atoms with E-state index in [-0.39, 0.29) is 5.82 Å². The standard InChI is InChI=1S/C12H9FN4/c13-9-2-4-12(15-7-9)17-11-5-10(14)3-1-8(11)6-16-17/h1-7H,14H2. The molecule has 3 aromatic rings. The van der Waals surface area contributed by atoms with Crippen molar-refractivity contribution in [1.82, 2.24) is 14.8 Å². The van der Waals surface area contributed by atoms with Gasteiger partial charge >= 0.3 is 0 Å². The van der Waals surface area contributed by atoms with Gasteiger partial charge in [-0.05, 0) is 30.3 Å². The summed E-state index contributed by atoms with van der Waals surface area (Å²) in [6.45, 7) is 0. The third kappa shape index (κ3) is 1.61. The molecule has 17 heavy (non-hydrogen) atoms. The minimum Gasteiger partial charge on any atom is -0.399 e. The van der Waals surface area contributed by atoms with E-state index in [0.717, 1.165) is 17.1 Å². The molecule has 0 radical (unpaired) electrons. The Labute approximate surface area is 96.5 Å². The van der Waals surface area contributed by atoms with E-state index >= 15 is 0 Å². The highest BCUT2D eigenvalue weighted by atomic mass is 19.1. The summed E-state index contributed by atoms with van der Waals surface area (Å²) in [4.78, 5) is 3.99. The van der Waals surface area contributed by atoms with Crippen molar-refractivity contribution >= 4 is 16.6 Å². The monoisotopic (exact) mass is 228 g/mol. The van der Waals surface area contributed by atoms with Crippen LogP contribution in [0.4, 0.5) is 10.1 Å². The van der Waals surface area contributed by atoms with Crippen LogP contribution in [0.5, 0.6) is 0 Å². The van der Waals surface area contributed by atoms with Gasteiger partial charge in [-0.3, -0.25) is 0 Å². The van der Waals surface area contributed by atoms with E-state index in [1.807, 2.05) is 18.2 Å². The number of nitrogens with zero attached hydrogens (tertiary/aromatic N) is 3. The van der Waals surface area contributed by atoms with Crippen LogP contribution in [0.25, 0.3) is 16.7 Å². The van der Waals surface area contributed by atoms with Gasteiger partial charge in [0.15, 0.2) is 5.82 Å². The van der Waals surface area contributed by atoms with E-state index in [2.05, 4.69) is 10.1 Å². The molecular weight excluding hydrogens is 219 g/mol. The van der Waals surface area contributed by atoms with Crippen LogP contribution in [-0.2, 0) is 0 Å². The van der Waals surface area contributed by atoms with Crippen molar-refractivity contribution < 1.29 is 4.39 Å². The SMILES string of the molecule is Nc1ccc2cnn(-c3ccc(F)cn3)c2c1. The average Bonchev–Trinajstić information content (AvgIpc) is 2.73. The van der Waals surface area contributed by atoms with Crippen molar-refractivity contribution in [3.63, 3.8) is 0 Å². The number of halogens is 1. The van der Waals surface area contributed by atoms with Crippen LogP contribution in [0.15, 0.2) is 42.7 Å². The first-order valence-electron chi connectivity index (χ1n) is 5.09. The fourth-order valence-corrected chi connectivity index (χ4v) is 1.71. The zero-order chi connectivity index (χ0) is 11.8. The maximum atomic E-state index is 12.8. The molecule has 2 heterocycles. The first-order chi connectivity index (χ1) is 8.24. The van der Waals surface area contributed by atoms with Crippen LogP contribution in [-0.4, -0.2) is 14.8 Å². The number of hydrogen-bond donors (Lipinski definition) is 1. The smallest absolute Gasteiger partial charge is 0.154 e. The van der Waals surface area contributed by atoms with Crippen molar-refractivity contribution in [2.45, 2.75) is 0 Å². The largest absolute Gasteiger partial charge is 0.399 e. The van der Waals surface area contributed by atoms with Crippen LogP contribution in [0.2, 0.25) is 0 Å². The van der Waals surface area contributed by atoms with Crippen molar-refractivity contribution in [1.29, 1.82) is 0 Å². The Hall–Kier alpha value is -2.43. The molecule has 0 saturated heterocycles. The van der Waals surface area contributed by atoms with E-state index in [1.165, 1.54) is 6.07 Å².